The van der Waals surface area contributed by atoms with Gasteiger partial charge in [0.1, 0.15) is 0 Å². The number of hydrogen-bond donors (Lipinski definition) is 1. The Bertz CT molecular complexity index is 378. The molecule has 2 aromatic rings. The minimum atomic E-state index is 0.799. The Kier molecular flexibility index (Phi) is 2.49. The number of aromatic nitrogens is 1. The van der Waals surface area contributed by atoms with E-state index in [9.17, 15) is 0 Å². The number of hydrogen-bond acceptors (Lipinski definition) is 3. The van der Waals surface area contributed by atoms with Crippen LogP contribution >= 0.6 is 0 Å². The highest BCUT2D eigenvalue weighted by atomic mass is 16.3. The fraction of sp³-hybridized carbons (Fsp3) is 0.182. The van der Waals surface area contributed by atoms with Crippen molar-refractivity contribution < 1.29 is 4.42 Å². The first kappa shape index (κ1) is 8.81. The van der Waals surface area contributed by atoms with E-state index in [2.05, 4.69) is 17.2 Å². The van der Waals surface area contributed by atoms with E-state index < -0.39 is 0 Å². The smallest absolute Gasteiger partial charge is 0.181 e. The van der Waals surface area contributed by atoms with E-state index in [0.29, 0.717) is 0 Å². The van der Waals surface area contributed by atoms with Crippen molar-refractivity contribution >= 4 is 5.69 Å². The van der Waals surface area contributed by atoms with Crippen molar-refractivity contribution in [1.29, 1.82) is 0 Å². The Morgan fingerprint density at radius 2 is 2.07 bits per heavy atom. The molecule has 0 aliphatic carbocycles. The van der Waals surface area contributed by atoms with Gasteiger partial charge in [-0.05, 0) is 31.2 Å². The molecule has 3 nitrogen and oxygen atoms in total. The maximum Gasteiger partial charge on any atom is 0.181 e. The van der Waals surface area contributed by atoms with Gasteiger partial charge in [-0.25, -0.2) is 4.98 Å². The molecule has 0 atom stereocenters. The van der Waals surface area contributed by atoms with Crippen LogP contribution in [-0.4, -0.2) is 11.5 Å². The van der Waals surface area contributed by atoms with Crippen molar-refractivity contribution in [2.75, 3.05) is 11.9 Å². The molecule has 3 heteroatoms. The third-order valence-electron chi connectivity index (χ3n) is 1.98. The number of nitrogens with one attached hydrogen (secondary N) is 1. The average molecular weight is 188 g/mol. The lowest BCUT2D eigenvalue weighted by atomic mass is 10.2. The first-order valence-corrected chi connectivity index (χ1v) is 4.63. The SMILES string of the molecule is CCNc1ccc(-c2cnco2)cc1. The summed E-state index contributed by atoms with van der Waals surface area (Å²) in [4.78, 5) is 3.88. The zero-order chi connectivity index (χ0) is 9.80. The van der Waals surface area contributed by atoms with Crippen molar-refractivity contribution in [3.05, 3.63) is 36.9 Å². The molecule has 0 amide bonds. The molecule has 0 unspecified atom stereocenters. The lowest BCUT2D eigenvalue weighted by molar-refractivity contribution is 0.572. The Labute approximate surface area is 82.8 Å². The van der Waals surface area contributed by atoms with Crippen LogP contribution in [0.3, 0.4) is 0 Å². The average Bonchev–Trinajstić information content (AvgIpc) is 2.72. The van der Waals surface area contributed by atoms with Gasteiger partial charge in [0.25, 0.3) is 0 Å². The van der Waals surface area contributed by atoms with E-state index in [0.717, 1.165) is 23.6 Å². The molecule has 0 aliphatic rings. The largest absolute Gasteiger partial charge is 0.444 e. The Balaban J connectivity index is 2.22. The molecule has 0 radical (unpaired) electrons. The maximum absolute atomic E-state index is 5.19. The van der Waals surface area contributed by atoms with E-state index in [1.54, 1.807) is 6.20 Å². The number of nitrogens with zero attached hydrogens (tertiary/aromatic N) is 1. The molecule has 0 fully saturated rings. The third kappa shape index (κ3) is 1.76. The van der Waals surface area contributed by atoms with Crippen LogP contribution < -0.4 is 5.32 Å². The first-order valence-electron chi connectivity index (χ1n) is 4.63. The molecule has 0 spiro atoms. The van der Waals surface area contributed by atoms with E-state index in [-0.39, 0.29) is 0 Å². The number of anilines is 1. The second-order valence-corrected chi connectivity index (χ2v) is 2.97. The molecule has 2 rings (SSSR count). The van der Waals surface area contributed by atoms with E-state index >= 15 is 0 Å². The first-order chi connectivity index (χ1) is 6.90. The van der Waals surface area contributed by atoms with Gasteiger partial charge in [0.05, 0.1) is 6.20 Å². The fourth-order valence-corrected chi connectivity index (χ4v) is 1.31. The zero-order valence-corrected chi connectivity index (χ0v) is 8.03. The van der Waals surface area contributed by atoms with Crippen LogP contribution in [0.4, 0.5) is 5.69 Å². The number of rotatable bonds is 3. The second kappa shape index (κ2) is 3.96. The van der Waals surface area contributed by atoms with E-state index in [4.69, 9.17) is 4.42 Å². The summed E-state index contributed by atoms with van der Waals surface area (Å²) < 4.78 is 5.19. The molecule has 1 aromatic carbocycles. The van der Waals surface area contributed by atoms with Crippen LogP contribution in [-0.2, 0) is 0 Å². The monoisotopic (exact) mass is 188 g/mol. The van der Waals surface area contributed by atoms with Crippen LogP contribution in [0.25, 0.3) is 11.3 Å². The predicted molar refractivity (Wildman–Crippen MR) is 56.1 cm³/mol. The topological polar surface area (TPSA) is 38.1 Å². The highest BCUT2D eigenvalue weighted by Crippen LogP contribution is 2.20. The van der Waals surface area contributed by atoms with E-state index in [1.807, 2.05) is 24.3 Å². The van der Waals surface area contributed by atoms with Crippen molar-refractivity contribution in [3.8, 4) is 11.3 Å². The van der Waals surface area contributed by atoms with Crippen LogP contribution in [0.2, 0.25) is 0 Å². The number of oxazole rings is 1. The second-order valence-electron chi connectivity index (χ2n) is 2.97. The lowest BCUT2D eigenvalue weighted by Gasteiger charge is -2.02. The summed E-state index contributed by atoms with van der Waals surface area (Å²) in [5.41, 5.74) is 2.17. The van der Waals surface area contributed by atoms with E-state index in [1.165, 1.54) is 6.39 Å². The van der Waals surface area contributed by atoms with Crippen LogP contribution in [0.15, 0.2) is 41.3 Å². The Morgan fingerprint density at radius 1 is 1.29 bits per heavy atom. The zero-order valence-electron chi connectivity index (χ0n) is 8.03. The van der Waals surface area contributed by atoms with Crippen molar-refractivity contribution in [1.82, 2.24) is 4.98 Å². The van der Waals surface area contributed by atoms with Crippen LogP contribution in [0, 0.1) is 0 Å². The minimum Gasteiger partial charge on any atom is -0.444 e. The third-order valence-corrected chi connectivity index (χ3v) is 1.98. The van der Waals surface area contributed by atoms with Gasteiger partial charge in [0.15, 0.2) is 12.2 Å². The molecule has 72 valence electrons. The summed E-state index contributed by atoms with van der Waals surface area (Å²) in [6.45, 7) is 3.01. The summed E-state index contributed by atoms with van der Waals surface area (Å²) in [6.07, 6.45) is 3.15. The maximum atomic E-state index is 5.19. The molecule has 1 N–H and O–H groups in total. The molecule has 0 aliphatic heterocycles. The summed E-state index contributed by atoms with van der Waals surface area (Å²) in [6, 6.07) is 8.08. The van der Waals surface area contributed by atoms with Crippen LogP contribution in [0.1, 0.15) is 6.92 Å². The molecule has 14 heavy (non-hydrogen) atoms. The van der Waals surface area contributed by atoms with Gasteiger partial charge in [-0.15, -0.1) is 0 Å². The Hall–Kier alpha value is -1.77. The fourth-order valence-electron chi connectivity index (χ4n) is 1.31. The highest BCUT2D eigenvalue weighted by Gasteiger charge is 1.99. The molecular formula is C11H12N2O. The molecule has 1 aromatic heterocycles. The van der Waals surface area contributed by atoms with Crippen molar-refractivity contribution in [2.24, 2.45) is 0 Å². The summed E-state index contributed by atoms with van der Waals surface area (Å²) >= 11 is 0. The summed E-state index contributed by atoms with van der Waals surface area (Å²) in [7, 11) is 0. The molecule has 0 saturated heterocycles. The normalized spacial score (nSPS) is 10.1. The van der Waals surface area contributed by atoms with Gasteiger partial charge in [-0.1, -0.05) is 0 Å². The van der Waals surface area contributed by atoms with Crippen molar-refractivity contribution in [3.63, 3.8) is 0 Å². The predicted octanol–water partition coefficient (Wildman–Crippen LogP) is 2.77. The highest BCUT2D eigenvalue weighted by molar-refractivity contribution is 5.60. The molecule has 1 heterocycles. The molecule has 0 saturated carbocycles. The summed E-state index contributed by atoms with van der Waals surface area (Å²) in [5, 5.41) is 3.23. The number of benzene rings is 1. The van der Waals surface area contributed by atoms with Gasteiger partial charge in [0.2, 0.25) is 0 Å². The van der Waals surface area contributed by atoms with Gasteiger partial charge >= 0.3 is 0 Å². The lowest BCUT2D eigenvalue weighted by Crippen LogP contribution is -1.95. The standard InChI is InChI=1S/C11H12N2O/c1-2-13-10-5-3-9(4-6-10)11-7-12-8-14-11/h3-8,13H,2H2,1H3. The van der Waals surface area contributed by atoms with Gasteiger partial charge < -0.3 is 9.73 Å². The van der Waals surface area contributed by atoms with Crippen molar-refractivity contribution in [2.45, 2.75) is 6.92 Å². The molecule has 0 bridgehead atoms. The summed E-state index contributed by atoms with van der Waals surface area (Å²) in [5.74, 6) is 0.799. The van der Waals surface area contributed by atoms with Crippen LogP contribution in [0.5, 0.6) is 0 Å². The Morgan fingerprint density at radius 3 is 2.64 bits per heavy atom. The quantitative estimate of drug-likeness (QED) is 0.804. The molecular weight excluding hydrogens is 176 g/mol. The van der Waals surface area contributed by atoms with Gasteiger partial charge in [0, 0.05) is 17.8 Å². The van der Waals surface area contributed by atoms with Gasteiger partial charge in [-0.2, -0.15) is 0 Å². The minimum absolute atomic E-state index is 0.799. The van der Waals surface area contributed by atoms with Gasteiger partial charge in [-0.3, -0.25) is 0 Å².